The van der Waals surface area contributed by atoms with E-state index < -0.39 is 38.7 Å². The van der Waals surface area contributed by atoms with Crippen molar-refractivity contribution in [1.82, 2.24) is 10.2 Å². The maximum atomic E-state index is 13.0. The molecule has 0 unspecified atom stereocenters. The molecule has 0 saturated heterocycles. The number of carbonyl (C=O) groups is 2. The van der Waals surface area contributed by atoms with E-state index in [1.165, 1.54) is 48.5 Å². The topological polar surface area (TPSA) is 151 Å². The number of halogens is 1. The van der Waals surface area contributed by atoms with Gasteiger partial charge in [-0.1, -0.05) is 5.10 Å². The molecule has 3 aromatic rings. The van der Waals surface area contributed by atoms with Gasteiger partial charge in [0, 0.05) is 11.4 Å². The van der Waals surface area contributed by atoms with Crippen molar-refractivity contribution in [1.29, 1.82) is 0 Å². The van der Waals surface area contributed by atoms with Crippen LogP contribution in [0.1, 0.15) is 36.4 Å². The highest BCUT2D eigenvalue weighted by Gasteiger charge is 2.34. The summed E-state index contributed by atoms with van der Waals surface area (Å²) < 4.78 is 44.0. The summed E-state index contributed by atoms with van der Waals surface area (Å²) in [4.78, 5) is 23.6. The lowest BCUT2D eigenvalue weighted by atomic mass is 9.89. The third-order valence-corrected chi connectivity index (χ3v) is 7.90. The quantitative estimate of drug-likeness (QED) is 0.453. The predicted molar refractivity (Wildman–Crippen MR) is 119 cm³/mol. The molecule has 0 spiro atoms. The lowest BCUT2D eigenvalue weighted by Crippen LogP contribution is -2.30. The van der Waals surface area contributed by atoms with E-state index in [9.17, 15) is 22.4 Å². The summed E-state index contributed by atoms with van der Waals surface area (Å²) in [5, 5.41) is 21.1. The Balaban J connectivity index is 1.37. The highest BCUT2D eigenvalue weighted by molar-refractivity contribution is 7.92. The smallest absolute Gasteiger partial charge is 0.320 e. The summed E-state index contributed by atoms with van der Waals surface area (Å²) in [5.74, 6) is -2.81. The van der Waals surface area contributed by atoms with Crippen LogP contribution in [0.5, 0.6) is 0 Å². The van der Waals surface area contributed by atoms with Crippen molar-refractivity contribution in [2.24, 2.45) is 5.92 Å². The van der Waals surface area contributed by atoms with Crippen LogP contribution in [0.2, 0.25) is 0 Å². The minimum absolute atomic E-state index is 0.0594. The summed E-state index contributed by atoms with van der Waals surface area (Å²) in [6, 6.07) is 11.0. The maximum Gasteiger partial charge on any atom is 0.320 e. The molecule has 0 radical (unpaired) electrons. The van der Waals surface area contributed by atoms with Crippen molar-refractivity contribution in [3.05, 3.63) is 60.2 Å². The Hall–Kier alpha value is -3.80. The number of hydrogen-bond acceptors (Lipinski definition) is 8. The van der Waals surface area contributed by atoms with E-state index >= 15 is 0 Å². The number of benzene rings is 2. The van der Waals surface area contributed by atoms with Crippen LogP contribution in [0.3, 0.4) is 0 Å². The molecule has 34 heavy (non-hydrogen) atoms. The summed E-state index contributed by atoms with van der Waals surface area (Å²) in [6.07, 6.45) is 1.25. The molecule has 1 aromatic heterocycles. The van der Waals surface area contributed by atoms with Crippen LogP contribution in [-0.4, -0.2) is 40.8 Å². The molecule has 0 aliphatic heterocycles. The molecule has 2 aromatic carbocycles. The molecule has 1 aliphatic carbocycles. The monoisotopic (exact) mass is 488 g/mol. The van der Waals surface area contributed by atoms with E-state index in [-0.39, 0.29) is 16.8 Å². The minimum Gasteiger partial charge on any atom is -0.481 e. The first-order valence-corrected chi connectivity index (χ1v) is 12.0. The standard InChI is InChI=1S/C22H21FN4O6S/c23-14-3-5-16(6-4-14)25-22-27-26-20(33-22)19(28)24-15-7-11-18(12-8-15)34(31,32)17-9-1-13(2-10-17)21(29)30/h3-8,11-13,17H,1-2,9-10H2,(H,24,28)(H,25,27)(H,29,30)/t13-,17+. The number of carboxylic acid groups (broad SMARTS) is 1. The Bertz CT molecular complexity index is 1280. The number of aliphatic carboxylic acids is 1. The average molecular weight is 488 g/mol. The number of anilines is 3. The molecule has 3 N–H and O–H groups in total. The number of aromatic nitrogens is 2. The van der Waals surface area contributed by atoms with Gasteiger partial charge in [-0.2, -0.15) is 0 Å². The minimum atomic E-state index is -3.62. The lowest BCUT2D eigenvalue weighted by molar-refractivity contribution is -0.142. The van der Waals surface area contributed by atoms with Gasteiger partial charge >= 0.3 is 23.8 Å². The fourth-order valence-electron chi connectivity index (χ4n) is 3.75. The second-order valence-electron chi connectivity index (χ2n) is 7.88. The van der Waals surface area contributed by atoms with Crippen LogP contribution in [0.15, 0.2) is 57.8 Å². The lowest BCUT2D eigenvalue weighted by Gasteiger charge is -2.26. The maximum absolute atomic E-state index is 13.0. The number of nitrogens with zero attached hydrogens (tertiary/aromatic N) is 2. The normalized spacial score (nSPS) is 18.3. The zero-order valence-electron chi connectivity index (χ0n) is 17.8. The number of amides is 1. The van der Waals surface area contributed by atoms with E-state index in [1.807, 2.05) is 0 Å². The van der Waals surface area contributed by atoms with Crippen LogP contribution < -0.4 is 10.6 Å². The van der Waals surface area contributed by atoms with Gasteiger partial charge in [-0.25, -0.2) is 12.8 Å². The first-order valence-electron chi connectivity index (χ1n) is 10.5. The van der Waals surface area contributed by atoms with E-state index in [0.717, 1.165) is 0 Å². The van der Waals surface area contributed by atoms with E-state index in [1.54, 1.807) is 0 Å². The van der Waals surface area contributed by atoms with Gasteiger partial charge in [0.1, 0.15) is 5.82 Å². The van der Waals surface area contributed by atoms with Gasteiger partial charge in [0.05, 0.1) is 16.1 Å². The number of hydrogen-bond donors (Lipinski definition) is 3. The molecule has 1 saturated carbocycles. The van der Waals surface area contributed by atoms with E-state index in [2.05, 4.69) is 20.8 Å². The third kappa shape index (κ3) is 5.22. The highest BCUT2D eigenvalue weighted by atomic mass is 32.2. The van der Waals surface area contributed by atoms with Crippen LogP contribution in [0, 0.1) is 11.7 Å². The summed E-state index contributed by atoms with van der Waals surface area (Å²) in [6.45, 7) is 0. The highest BCUT2D eigenvalue weighted by Crippen LogP contribution is 2.32. The first-order chi connectivity index (χ1) is 16.2. The fraction of sp³-hybridized carbons (Fsp3) is 0.273. The molecule has 12 heteroatoms. The van der Waals surface area contributed by atoms with Gasteiger partial charge in [0.15, 0.2) is 9.84 Å². The zero-order chi connectivity index (χ0) is 24.3. The average Bonchev–Trinajstić information content (AvgIpc) is 3.30. The van der Waals surface area contributed by atoms with Crippen molar-refractivity contribution < 1.29 is 31.9 Å². The number of carbonyl (C=O) groups excluding carboxylic acids is 1. The molecular formula is C22H21FN4O6S. The van der Waals surface area contributed by atoms with Crippen molar-refractivity contribution in [2.75, 3.05) is 10.6 Å². The Morgan fingerprint density at radius 3 is 2.18 bits per heavy atom. The number of rotatable bonds is 7. The van der Waals surface area contributed by atoms with Crippen molar-refractivity contribution in [3.8, 4) is 0 Å². The second kappa shape index (κ2) is 9.59. The van der Waals surface area contributed by atoms with Gasteiger partial charge in [-0.05, 0) is 74.2 Å². The molecular weight excluding hydrogens is 467 g/mol. The molecule has 1 aliphatic rings. The third-order valence-electron chi connectivity index (χ3n) is 5.62. The zero-order valence-corrected chi connectivity index (χ0v) is 18.6. The van der Waals surface area contributed by atoms with Gasteiger partial charge in [0.25, 0.3) is 0 Å². The van der Waals surface area contributed by atoms with Crippen LogP contribution >= 0.6 is 0 Å². The molecule has 10 nitrogen and oxygen atoms in total. The molecule has 1 heterocycles. The van der Waals surface area contributed by atoms with Crippen molar-refractivity contribution in [2.45, 2.75) is 35.8 Å². The first kappa shape index (κ1) is 23.4. The molecule has 1 amide bonds. The van der Waals surface area contributed by atoms with E-state index in [4.69, 9.17) is 9.52 Å². The largest absolute Gasteiger partial charge is 0.481 e. The summed E-state index contributed by atoms with van der Waals surface area (Å²) in [5.41, 5.74) is 0.815. The Morgan fingerprint density at radius 1 is 0.941 bits per heavy atom. The van der Waals surface area contributed by atoms with Crippen LogP contribution in [0.25, 0.3) is 0 Å². The van der Waals surface area contributed by atoms with Gasteiger partial charge in [0.2, 0.25) is 0 Å². The Morgan fingerprint density at radius 2 is 1.56 bits per heavy atom. The molecule has 0 atom stereocenters. The van der Waals surface area contributed by atoms with Gasteiger partial charge in [-0.3, -0.25) is 9.59 Å². The molecule has 4 rings (SSSR count). The predicted octanol–water partition coefficient (Wildman–Crippen LogP) is 3.62. The summed E-state index contributed by atoms with van der Waals surface area (Å²) >= 11 is 0. The Kier molecular flexibility index (Phi) is 6.59. The van der Waals surface area contributed by atoms with Gasteiger partial charge < -0.3 is 20.2 Å². The molecule has 1 fully saturated rings. The SMILES string of the molecule is O=C(Nc1ccc(S(=O)(=O)[C@H]2CC[C@@H](C(=O)O)CC2)cc1)c1nnc(Nc2ccc(F)cc2)o1. The van der Waals surface area contributed by atoms with Gasteiger partial charge in [-0.15, -0.1) is 5.10 Å². The van der Waals surface area contributed by atoms with Crippen LogP contribution in [-0.2, 0) is 14.6 Å². The number of nitrogens with one attached hydrogen (secondary N) is 2. The second-order valence-corrected chi connectivity index (χ2v) is 10.1. The molecule has 178 valence electrons. The number of sulfone groups is 1. The molecule has 0 bridgehead atoms. The van der Waals surface area contributed by atoms with Crippen molar-refractivity contribution >= 4 is 39.1 Å². The van der Waals surface area contributed by atoms with Crippen molar-refractivity contribution in [3.63, 3.8) is 0 Å². The van der Waals surface area contributed by atoms with E-state index in [0.29, 0.717) is 37.1 Å². The Labute approximate surface area is 194 Å². The van der Waals surface area contributed by atoms with Crippen LogP contribution in [0.4, 0.5) is 21.8 Å². The fourth-order valence-corrected chi connectivity index (χ4v) is 5.54. The summed E-state index contributed by atoms with van der Waals surface area (Å²) in [7, 11) is -3.62. The number of carboxylic acids is 1.